The Labute approximate surface area is 179 Å². The molecule has 0 saturated heterocycles. The van der Waals surface area contributed by atoms with E-state index in [1.54, 1.807) is 0 Å². The van der Waals surface area contributed by atoms with E-state index in [1.165, 1.54) is 6.92 Å². The number of halogens is 1. The SMILES string of the molecule is C[C@@H](OC(=O)c1c2c(nc3ccccc13)/C(=C/c1ccc(Cl)cc1)CCC2)C(N)=O. The van der Waals surface area contributed by atoms with Crippen molar-refractivity contribution >= 4 is 46.0 Å². The largest absolute Gasteiger partial charge is 0.449 e. The van der Waals surface area contributed by atoms with Crippen molar-refractivity contribution in [1.82, 2.24) is 4.98 Å². The summed E-state index contributed by atoms with van der Waals surface area (Å²) in [6.07, 6.45) is 3.52. The second kappa shape index (κ2) is 8.28. The van der Waals surface area contributed by atoms with Crippen LogP contribution in [0.15, 0.2) is 48.5 Å². The number of allylic oxidation sites excluding steroid dienone is 1. The van der Waals surface area contributed by atoms with Gasteiger partial charge in [0.25, 0.3) is 5.91 Å². The van der Waals surface area contributed by atoms with Gasteiger partial charge in [0.1, 0.15) is 0 Å². The Bertz CT molecular complexity index is 1170. The molecule has 1 aromatic heterocycles. The van der Waals surface area contributed by atoms with E-state index in [0.717, 1.165) is 35.2 Å². The molecule has 0 aliphatic heterocycles. The third kappa shape index (κ3) is 3.94. The van der Waals surface area contributed by atoms with Crippen molar-refractivity contribution in [1.29, 1.82) is 0 Å². The fraction of sp³-hybridized carbons (Fsp3) is 0.208. The fourth-order valence-electron chi connectivity index (χ4n) is 3.75. The van der Waals surface area contributed by atoms with Gasteiger partial charge in [0.05, 0.1) is 16.8 Å². The number of primary amides is 1. The van der Waals surface area contributed by atoms with Gasteiger partial charge in [-0.15, -0.1) is 0 Å². The van der Waals surface area contributed by atoms with Gasteiger partial charge in [-0.05, 0) is 67.2 Å². The Morgan fingerprint density at radius 3 is 2.60 bits per heavy atom. The summed E-state index contributed by atoms with van der Waals surface area (Å²) >= 11 is 6.00. The normalized spacial score (nSPS) is 15.6. The number of para-hydroxylation sites is 1. The molecule has 3 aromatic rings. The smallest absolute Gasteiger partial charge is 0.339 e. The number of benzene rings is 2. The number of pyridine rings is 1. The van der Waals surface area contributed by atoms with E-state index in [-0.39, 0.29) is 0 Å². The molecule has 1 heterocycles. The summed E-state index contributed by atoms with van der Waals surface area (Å²) < 4.78 is 5.36. The Morgan fingerprint density at radius 1 is 1.13 bits per heavy atom. The summed E-state index contributed by atoms with van der Waals surface area (Å²) in [6, 6.07) is 15.1. The van der Waals surface area contributed by atoms with Crippen molar-refractivity contribution in [3.63, 3.8) is 0 Å². The summed E-state index contributed by atoms with van der Waals surface area (Å²) in [5.74, 6) is -1.23. The average Bonchev–Trinajstić information content (AvgIpc) is 2.73. The lowest BCUT2D eigenvalue weighted by Gasteiger charge is -2.23. The van der Waals surface area contributed by atoms with Crippen LogP contribution in [-0.2, 0) is 16.0 Å². The van der Waals surface area contributed by atoms with E-state index in [9.17, 15) is 9.59 Å². The number of carbonyl (C=O) groups is 2. The third-order valence-corrected chi connectivity index (χ3v) is 5.52. The number of nitrogens with zero attached hydrogens (tertiary/aromatic N) is 1. The van der Waals surface area contributed by atoms with Gasteiger partial charge in [-0.3, -0.25) is 4.79 Å². The van der Waals surface area contributed by atoms with Crippen molar-refractivity contribution in [3.05, 3.63) is 75.9 Å². The highest BCUT2D eigenvalue weighted by Crippen LogP contribution is 2.36. The number of nitrogens with two attached hydrogens (primary N) is 1. The molecule has 1 atom stereocenters. The molecule has 4 rings (SSSR count). The number of hydrogen-bond donors (Lipinski definition) is 1. The molecule has 2 aromatic carbocycles. The average molecular weight is 421 g/mol. The van der Waals surface area contributed by atoms with Gasteiger partial charge in [0, 0.05) is 10.4 Å². The maximum Gasteiger partial charge on any atom is 0.339 e. The first-order valence-electron chi connectivity index (χ1n) is 9.82. The standard InChI is InChI=1S/C24H21ClN2O3/c1-14(23(26)28)30-24(29)21-18-6-2-3-8-20(18)27-22-16(5-4-7-19(21)22)13-15-9-11-17(25)12-10-15/h2-3,6,8-14H,4-5,7H2,1H3,(H2,26,28)/b16-13+/t14-/m1/s1. The molecule has 6 heteroatoms. The number of hydrogen-bond acceptors (Lipinski definition) is 4. The highest BCUT2D eigenvalue weighted by atomic mass is 35.5. The minimum Gasteiger partial charge on any atom is -0.449 e. The summed E-state index contributed by atoms with van der Waals surface area (Å²) in [4.78, 5) is 29.3. The Hall–Kier alpha value is -3.18. The molecule has 5 nitrogen and oxygen atoms in total. The van der Waals surface area contributed by atoms with E-state index in [2.05, 4.69) is 6.08 Å². The fourth-order valence-corrected chi connectivity index (χ4v) is 3.87. The van der Waals surface area contributed by atoms with Crippen LogP contribution in [0.25, 0.3) is 22.6 Å². The molecule has 1 aliphatic carbocycles. The predicted octanol–water partition coefficient (Wildman–Crippen LogP) is 4.80. The quantitative estimate of drug-likeness (QED) is 0.615. The maximum absolute atomic E-state index is 13.1. The number of amides is 1. The highest BCUT2D eigenvalue weighted by Gasteiger charge is 2.27. The van der Waals surface area contributed by atoms with Crippen LogP contribution in [0, 0.1) is 0 Å². The molecule has 30 heavy (non-hydrogen) atoms. The first-order chi connectivity index (χ1) is 14.4. The lowest BCUT2D eigenvalue weighted by Crippen LogP contribution is -2.31. The highest BCUT2D eigenvalue weighted by molar-refractivity contribution is 6.30. The zero-order valence-corrected chi connectivity index (χ0v) is 17.3. The van der Waals surface area contributed by atoms with Crippen molar-refractivity contribution in [2.24, 2.45) is 5.73 Å². The topological polar surface area (TPSA) is 82.3 Å². The van der Waals surface area contributed by atoms with Crippen LogP contribution in [0.1, 0.15) is 46.9 Å². The van der Waals surface area contributed by atoms with E-state index < -0.39 is 18.0 Å². The number of ether oxygens (including phenoxy) is 1. The lowest BCUT2D eigenvalue weighted by atomic mass is 9.86. The van der Waals surface area contributed by atoms with Crippen LogP contribution >= 0.6 is 11.6 Å². The van der Waals surface area contributed by atoms with Crippen LogP contribution in [-0.4, -0.2) is 23.0 Å². The van der Waals surface area contributed by atoms with Crippen LogP contribution < -0.4 is 5.73 Å². The predicted molar refractivity (Wildman–Crippen MR) is 118 cm³/mol. The van der Waals surface area contributed by atoms with Crippen molar-refractivity contribution in [3.8, 4) is 0 Å². The van der Waals surface area contributed by atoms with Gasteiger partial charge in [-0.2, -0.15) is 0 Å². The van der Waals surface area contributed by atoms with Gasteiger partial charge in [0.15, 0.2) is 6.10 Å². The number of aromatic nitrogens is 1. The lowest BCUT2D eigenvalue weighted by molar-refractivity contribution is -0.125. The van der Waals surface area contributed by atoms with Gasteiger partial charge < -0.3 is 10.5 Å². The van der Waals surface area contributed by atoms with Gasteiger partial charge >= 0.3 is 5.97 Å². The van der Waals surface area contributed by atoms with E-state index in [4.69, 9.17) is 27.1 Å². The molecule has 0 saturated carbocycles. The molecule has 1 aliphatic rings. The monoisotopic (exact) mass is 420 g/mol. The summed E-state index contributed by atoms with van der Waals surface area (Å²) in [7, 11) is 0. The Kier molecular flexibility index (Phi) is 5.55. The molecule has 152 valence electrons. The summed E-state index contributed by atoms with van der Waals surface area (Å²) in [5, 5.41) is 1.39. The van der Waals surface area contributed by atoms with E-state index in [1.807, 2.05) is 48.5 Å². The zero-order chi connectivity index (χ0) is 21.3. The minimum absolute atomic E-state index is 0.463. The molecule has 0 bridgehead atoms. The molecule has 2 N–H and O–H groups in total. The van der Waals surface area contributed by atoms with Crippen LogP contribution in [0.5, 0.6) is 0 Å². The van der Waals surface area contributed by atoms with Crippen LogP contribution in [0.2, 0.25) is 5.02 Å². The van der Waals surface area contributed by atoms with Crippen molar-refractivity contribution in [2.75, 3.05) is 0 Å². The number of fused-ring (bicyclic) bond motifs is 2. The second-order valence-corrected chi connectivity index (χ2v) is 7.79. The minimum atomic E-state index is -1.01. The summed E-state index contributed by atoms with van der Waals surface area (Å²) in [5.41, 5.74) is 10.2. The second-order valence-electron chi connectivity index (χ2n) is 7.36. The molecule has 0 spiro atoms. The molecule has 0 radical (unpaired) electrons. The van der Waals surface area contributed by atoms with Crippen LogP contribution in [0.3, 0.4) is 0 Å². The Balaban J connectivity index is 1.87. The first-order valence-corrected chi connectivity index (χ1v) is 10.2. The van der Waals surface area contributed by atoms with Gasteiger partial charge in [-0.25, -0.2) is 9.78 Å². The number of carbonyl (C=O) groups excluding carboxylic acids is 2. The molecule has 1 amide bonds. The zero-order valence-electron chi connectivity index (χ0n) is 16.5. The van der Waals surface area contributed by atoms with Crippen molar-refractivity contribution in [2.45, 2.75) is 32.3 Å². The third-order valence-electron chi connectivity index (χ3n) is 5.27. The van der Waals surface area contributed by atoms with E-state index in [0.29, 0.717) is 27.9 Å². The van der Waals surface area contributed by atoms with Crippen LogP contribution in [0.4, 0.5) is 0 Å². The molecule has 0 fully saturated rings. The van der Waals surface area contributed by atoms with Crippen molar-refractivity contribution < 1.29 is 14.3 Å². The maximum atomic E-state index is 13.1. The summed E-state index contributed by atoms with van der Waals surface area (Å²) in [6.45, 7) is 1.47. The first kappa shape index (κ1) is 20.1. The molecular formula is C24H21ClN2O3. The van der Waals surface area contributed by atoms with E-state index >= 15 is 0 Å². The van der Waals surface area contributed by atoms with Gasteiger partial charge in [-0.1, -0.05) is 41.9 Å². The van der Waals surface area contributed by atoms with Gasteiger partial charge in [0.2, 0.25) is 0 Å². The number of esters is 1. The molecule has 0 unspecified atom stereocenters. The number of rotatable bonds is 4. The Morgan fingerprint density at radius 2 is 1.87 bits per heavy atom. The molecular weight excluding hydrogens is 400 g/mol.